The van der Waals surface area contributed by atoms with Crippen molar-refractivity contribution in [3.05, 3.63) is 88.6 Å². The van der Waals surface area contributed by atoms with E-state index in [0.29, 0.717) is 39.6 Å². The number of nitrogens with one attached hydrogen (secondary N) is 2. The van der Waals surface area contributed by atoms with E-state index in [-0.39, 0.29) is 10.9 Å². The number of aryl methyl sites for hydroxylation is 1. The van der Waals surface area contributed by atoms with Crippen molar-refractivity contribution in [2.24, 2.45) is 0 Å². The molecule has 3 aromatic carbocycles. The van der Waals surface area contributed by atoms with Crippen LogP contribution < -0.4 is 15.4 Å². The lowest BCUT2D eigenvalue weighted by Crippen LogP contribution is -2.34. The number of anilines is 1. The van der Waals surface area contributed by atoms with E-state index in [1.807, 2.05) is 43.3 Å². The van der Waals surface area contributed by atoms with Crippen LogP contribution in [0, 0.1) is 6.92 Å². The number of ether oxygens (including phenoxy) is 1. The molecule has 0 saturated heterocycles. The van der Waals surface area contributed by atoms with Crippen LogP contribution in [-0.4, -0.2) is 23.1 Å². The van der Waals surface area contributed by atoms with Gasteiger partial charge in [0, 0.05) is 16.1 Å². The number of hydrogen-bond donors (Lipinski definition) is 2. The summed E-state index contributed by atoms with van der Waals surface area (Å²) in [7, 11) is 1.55. The van der Waals surface area contributed by atoms with E-state index in [9.17, 15) is 4.79 Å². The van der Waals surface area contributed by atoms with Crippen molar-refractivity contribution in [3.8, 4) is 28.5 Å². The van der Waals surface area contributed by atoms with E-state index < -0.39 is 5.91 Å². The van der Waals surface area contributed by atoms with Crippen LogP contribution >= 0.6 is 23.8 Å². The third-order valence-corrected chi connectivity index (χ3v) is 6.90. The molecule has 198 valence electrons. The zero-order chi connectivity index (χ0) is 27.7. The zero-order valence-corrected chi connectivity index (χ0v) is 23.4. The van der Waals surface area contributed by atoms with E-state index in [0.717, 1.165) is 22.2 Å². The molecule has 5 rings (SSSR count). The molecule has 0 unspecified atom stereocenters. The molecule has 7 nitrogen and oxygen atoms in total. The van der Waals surface area contributed by atoms with E-state index in [1.54, 1.807) is 37.4 Å². The van der Waals surface area contributed by atoms with Gasteiger partial charge in [0.2, 0.25) is 5.89 Å². The van der Waals surface area contributed by atoms with Crippen molar-refractivity contribution < 1.29 is 18.4 Å². The molecule has 2 aromatic heterocycles. The van der Waals surface area contributed by atoms with Crippen LogP contribution in [0.25, 0.3) is 33.9 Å². The third-order valence-electron chi connectivity index (χ3n) is 6.29. The van der Waals surface area contributed by atoms with Gasteiger partial charge in [-0.3, -0.25) is 10.1 Å². The minimum absolute atomic E-state index is 0.0749. The minimum atomic E-state index is -0.494. The summed E-state index contributed by atoms with van der Waals surface area (Å²) < 4.78 is 17.2. The second-order valence-electron chi connectivity index (χ2n) is 9.35. The van der Waals surface area contributed by atoms with Gasteiger partial charge in [0.15, 0.2) is 16.5 Å². The van der Waals surface area contributed by atoms with Gasteiger partial charge in [-0.15, -0.1) is 0 Å². The lowest BCUT2D eigenvalue weighted by molar-refractivity contribution is 0.0951. The number of oxazole rings is 1. The van der Waals surface area contributed by atoms with Gasteiger partial charge in [-0.2, -0.15) is 0 Å². The third kappa shape index (κ3) is 5.67. The molecule has 1 amide bonds. The number of carbonyl (C=O) groups excluding carboxylic acids is 1. The molecule has 0 bridgehead atoms. The van der Waals surface area contributed by atoms with Crippen LogP contribution in [0.2, 0.25) is 5.02 Å². The summed E-state index contributed by atoms with van der Waals surface area (Å²) in [6, 6.07) is 20.3. The Morgan fingerprint density at radius 3 is 2.54 bits per heavy atom. The average Bonchev–Trinajstić information content (AvgIpc) is 3.57. The van der Waals surface area contributed by atoms with Gasteiger partial charge in [-0.05, 0) is 84.7 Å². The molecule has 39 heavy (non-hydrogen) atoms. The molecule has 2 N–H and O–H groups in total. The zero-order valence-electron chi connectivity index (χ0n) is 21.8. The van der Waals surface area contributed by atoms with Crippen LogP contribution in [0.4, 0.5) is 5.69 Å². The Bertz CT molecular complexity index is 1710. The van der Waals surface area contributed by atoms with E-state index >= 15 is 0 Å². The standard InChI is InChI=1S/C30H26ClN3O4S/c1-16(2)18-7-10-26-23(14-18)32-29(38-26)20-8-9-25(36-4)22(15-20)33-30(39)34-28(35)27-12-11-24(37-27)19-6-5-17(3)21(31)13-19/h5-16H,1-4H3,(H2,33,34,35,39). The van der Waals surface area contributed by atoms with Gasteiger partial charge in [0.25, 0.3) is 5.91 Å². The number of methoxy groups -OCH3 is 1. The first-order valence-corrected chi connectivity index (χ1v) is 13.1. The number of halogens is 1. The molecule has 0 aliphatic heterocycles. The Morgan fingerprint density at radius 2 is 1.79 bits per heavy atom. The normalized spacial score (nSPS) is 11.1. The van der Waals surface area contributed by atoms with Gasteiger partial charge < -0.3 is 18.9 Å². The second kappa shape index (κ2) is 10.9. The van der Waals surface area contributed by atoms with Crippen LogP contribution in [0.5, 0.6) is 5.75 Å². The fourth-order valence-electron chi connectivity index (χ4n) is 4.05. The van der Waals surface area contributed by atoms with Crippen LogP contribution in [-0.2, 0) is 0 Å². The second-order valence-corrected chi connectivity index (χ2v) is 10.2. The molecule has 0 aliphatic rings. The molecule has 0 fully saturated rings. The Hall–Kier alpha value is -4.14. The predicted molar refractivity (Wildman–Crippen MR) is 158 cm³/mol. The Balaban J connectivity index is 1.32. The number of carbonyl (C=O) groups is 1. The SMILES string of the molecule is COc1ccc(-c2nc3cc(C(C)C)ccc3o2)cc1NC(=S)NC(=O)c1ccc(-c2ccc(C)c(Cl)c2)o1. The van der Waals surface area contributed by atoms with Crippen LogP contribution in [0.15, 0.2) is 75.6 Å². The number of rotatable bonds is 6. The topological polar surface area (TPSA) is 89.5 Å². The van der Waals surface area contributed by atoms with Crippen molar-refractivity contribution in [3.63, 3.8) is 0 Å². The first-order chi connectivity index (χ1) is 18.7. The van der Waals surface area contributed by atoms with Crippen molar-refractivity contribution in [2.75, 3.05) is 12.4 Å². The van der Waals surface area contributed by atoms with Gasteiger partial charge >= 0.3 is 0 Å². The number of amides is 1. The smallest absolute Gasteiger partial charge is 0.293 e. The molecular formula is C30H26ClN3O4S. The molecule has 0 saturated carbocycles. The van der Waals surface area contributed by atoms with Gasteiger partial charge in [-0.1, -0.05) is 43.6 Å². The molecule has 0 aliphatic carbocycles. The van der Waals surface area contributed by atoms with Gasteiger partial charge in [0.1, 0.15) is 17.0 Å². The quantitative estimate of drug-likeness (QED) is 0.204. The lowest BCUT2D eigenvalue weighted by Gasteiger charge is -2.13. The average molecular weight is 560 g/mol. The largest absolute Gasteiger partial charge is 0.495 e. The summed E-state index contributed by atoms with van der Waals surface area (Å²) in [5.74, 6) is 1.52. The highest BCUT2D eigenvalue weighted by molar-refractivity contribution is 7.80. The Labute approximate surface area is 236 Å². The monoisotopic (exact) mass is 559 g/mol. The number of aromatic nitrogens is 1. The Kier molecular flexibility index (Phi) is 7.41. The molecule has 0 spiro atoms. The maximum Gasteiger partial charge on any atom is 0.293 e. The summed E-state index contributed by atoms with van der Waals surface area (Å²) in [5, 5.41) is 6.37. The fourth-order valence-corrected chi connectivity index (χ4v) is 4.43. The number of fused-ring (bicyclic) bond motifs is 1. The number of nitrogens with zero attached hydrogens (tertiary/aromatic N) is 1. The molecule has 2 heterocycles. The maximum atomic E-state index is 12.8. The summed E-state index contributed by atoms with van der Waals surface area (Å²) in [5.41, 5.74) is 5.67. The molecule has 5 aromatic rings. The van der Waals surface area contributed by atoms with E-state index in [2.05, 4.69) is 29.5 Å². The van der Waals surface area contributed by atoms with Gasteiger partial charge in [0.05, 0.1) is 12.8 Å². The maximum absolute atomic E-state index is 12.8. The Morgan fingerprint density at radius 1 is 1.00 bits per heavy atom. The van der Waals surface area contributed by atoms with Crippen molar-refractivity contribution in [1.29, 1.82) is 0 Å². The summed E-state index contributed by atoms with van der Waals surface area (Å²) in [4.78, 5) is 17.5. The summed E-state index contributed by atoms with van der Waals surface area (Å²) in [6.45, 7) is 6.19. The van der Waals surface area contributed by atoms with Gasteiger partial charge in [-0.25, -0.2) is 4.98 Å². The lowest BCUT2D eigenvalue weighted by atomic mass is 10.0. The van der Waals surface area contributed by atoms with Crippen LogP contribution in [0.1, 0.15) is 41.4 Å². The highest BCUT2D eigenvalue weighted by atomic mass is 35.5. The fraction of sp³-hybridized carbons (Fsp3) is 0.167. The molecule has 0 atom stereocenters. The first kappa shape index (κ1) is 26.5. The number of thiocarbonyl (C=S) groups is 1. The number of benzene rings is 3. The number of furan rings is 1. The molecule has 0 radical (unpaired) electrons. The molecule has 9 heteroatoms. The highest BCUT2D eigenvalue weighted by Gasteiger charge is 2.17. The number of hydrogen-bond acceptors (Lipinski definition) is 6. The minimum Gasteiger partial charge on any atom is -0.495 e. The van der Waals surface area contributed by atoms with E-state index in [4.69, 9.17) is 37.4 Å². The highest BCUT2D eigenvalue weighted by Crippen LogP contribution is 2.33. The summed E-state index contributed by atoms with van der Waals surface area (Å²) in [6.07, 6.45) is 0. The molecular weight excluding hydrogens is 534 g/mol. The van der Waals surface area contributed by atoms with Crippen molar-refractivity contribution >= 4 is 51.6 Å². The van der Waals surface area contributed by atoms with E-state index in [1.165, 1.54) is 5.56 Å². The predicted octanol–water partition coefficient (Wildman–Crippen LogP) is 7.98. The van der Waals surface area contributed by atoms with Crippen molar-refractivity contribution in [2.45, 2.75) is 26.7 Å². The first-order valence-electron chi connectivity index (χ1n) is 12.3. The summed E-state index contributed by atoms with van der Waals surface area (Å²) >= 11 is 11.6. The van der Waals surface area contributed by atoms with Crippen molar-refractivity contribution in [1.82, 2.24) is 10.3 Å². The van der Waals surface area contributed by atoms with Crippen LogP contribution in [0.3, 0.4) is 0 Å².